The van der Waals surface area contributed by atoms with E-state index in [1.807, 2.05) is 18.2 Å². The molecule has 0 amide bonds. The molecule has 0 atom stereocenters. The highest BCUT2D eigenvalue weighted by Crippen LogP contribution is 2.24. The number of thiophene rings is 1. The highest BCUT2D eigenvalue weighted by atomic mass is 32.1. The zero-order chi connectivity index (χ0) is 13.8. The molecule has 0 aliphatic carbocycles. The first-order valence-corrected chi connectivity index (χ1v) is 7.38. The lowest BCUT2D eigenvalue weighted by molar-refractivity contribution is -0.687. The van der Waals surface area contributed by atoms with E-state index in [0.29, 0.717) is 11.3 Å². The van der Waals surface area contributed by atoms with Gasteiger partial charge in [0.1, 0.15) is 24.7 Å². The van der Waals surface area contributed by atoms with E-state index in [1.165, 1.54) is 10.9 Å². The first-order valence-electron chi connectivity index (χ1n) is 6.50. The van der Waals surface area contributed by atoms with Crippen molar-refractivity contribution < 1.29 is 14.1 Å². The lowest BCUT2D eigenvalue weighted by atomic mass is 10.1. The van der Waals surface area contributed by atoms with Crippen molar-refractivity contribution >= 4 is 11.3 Å². The monoisotopic (exact) mass is 288 g/mol. The molecule has 3 rings (SSSR count). The van der Waals surface area contributed by atoms with Gasteiger partial charge in [-0.3, -0.25) is 0 Å². The Kier molecular flexibility index (Phi) is 3.95. The number of hydrogen-bond acceptors (Lipinski definition) is 2. The third-order valence-electron chi connectivity index (χ3n) is 3.07. The van der Waals surface area contributed by atoms with Crippen LogP contribution < -0.4 is 5.32 Å². The summed E-state index contributed by atoms with van der Waals surface area (Å²) in [6, 6.07) is 14.6. The summed E-state index contributed by atoms with van der Waals surface area (Å²) in [6.45, 7) is 1.69. The Morgan fingerprint density at radius 2 is 1.90 bits per heavy atom. The van der Waals surface area contributed by atoms with Crippen LogP contribution >= 0.6 is 11.3 Å². The van der Waals surface area contributed by atoms with Crippen LogP contribution in [0.2, 0.25) is 0 Å². The standard InChI is InChI=1S/C16H14FNOS/c17-15-6-2-1-5-14(15)16-8-7-12(19-16)10-18-11-13-4-3-9-20-13/h1-9,18H,10-11H2/p+1. The van der Waals surface area contributed by atoms with Gasteiger partial charge in [-0.15, -0.1) is 11.3 Å². The molecule has 2 heterocycles. The number of quaternary nitrogens is 1. The second-order valence-electron chi connectivity index (χ2n) is 4.52. The summed E-state index contributed by atoms with van der Waals surface area (Å²) in [4.78, 5) is 1.34. The number of rotatable bonds is 5. The molecule has 2 nitrogen and oxygen atoms in total. The molecule has 0 aliphatic heterocycles. The summed E-state index contributed by atoms with van der Waals surface area (Å²) < 4.78 is 19.4. The van der Waals surface area contributed by atoms with Gasteiger partial charge in [0.15, 0.2) is 5.76 Å². The Balaban J connectivity index is 1.64. The predicted octanol–water partition coefficient (Wildman–Crippen LogP) is 3.41. The van der Waals surface area contributed by atoms with E-state index in [1.54, 1.807) is 23.5 Å². The van der Waals surface area contributed by atoms with E-state index in [2.05, 4.69) is 22.8 Å². The van der Waals surface area contributed by atoms with E-state index in [-0.39, 0.29) is 5.82 Å². The number of furan rings is 1. The van der Waals surface area contributed by atoms with E-state index >= 15 is 0 Å². The van der Waals surface area contributed by atoms with Crippen molar-refractivity contribution in [2.45, 2.75) is 13.1 Å². The molecule has 0 spiro atoms. The molecule has 0 unspecified atom stereocenters. The molecule has 2 aromatic heterocycles. The van der Waals surface area contributed by atoms with Crippen molar-refractivity contribution in [1.29, 1.82) is 0 Å². The average molecular weight is 288 g/mol. The molecule has 20 heavy (non-hydrogen) atoms. The molecular weight excluding hydrogens is 273 g/mol. The maximum absolute atomic E-state index is 13.7. The van der Waals surface area contributed by atoms with Gasteiger partial charge in [0, 0.05) is 0 Å². The van der Waals surface area contributed by atoms with Crippen LogP contribution in [0.1, 0.15) is 10.6 Å². The molecule has 0 aliphatic rings. The molecule has 0 radical (unpaired) electrons. The fourth-order valence-electron chi connectivity index (χ4n) is 2.08. The van der Waals surface area contributed by atoms with Crippen LogP contribution in [0.3, 0.4) is 0 Å². The summed E-state index contributed by atoms with van der Waals surface area (Å²) in [6.07, 6.45) is 0. The highest BCUT2D eigenvalue weighted by Gasteiger charge is 2.09. The van der Waals surface area contributed by atoms with Crippen molar-refractivity contribution in [3.63, 3.8) is 0 Å². The molecule has 0 fully saturated rings. The van der Waals surface area contributed by atoms with Crippen LogP contribution in [0.25, 0.3) is 11.3 Å². The van der Waals surface area contributed by atoms with E-state index in [9.17, 15) is 4.39 Å². The third-order valence-corrected chi connectivity index (χ3v) is 3.97. The Hall–Kier alpha value is -1.91. The van der Waals surface area contributed by atoms with Crippen LogP contribution in [-0.2, 0) is 13.1 Å². The maximum Gasteiger partial charge on any atom is 0.158 e. The minimum atomic E-state index is -0.254. The summed E-state index contributed by atoms with van der Waals surface area (Å²) in [5.41, 5.74) is 0.511. The van der Waals surface area contributed by atoms with Crippen LogP contribution in [0.5, 0.6) is 0 Å². The fraction of sp³-hybridized carbons (Fsp3) is 0.125. The smallest absolute Gasteiger partial charge is 0.158 e. The van der Waals surface area contributed by atoms with E-state index in [0.717, 1.165) is 18.8 Å². The number of halogens is 1. The van der Waals surface area contributed by atoms with Gasteiger partial charge in [-0.2, -0.15) is 0 Å². The highest BCUT2D eigenvalue weighted by molar-refractivity contribution is 7.09. The molecule has 4 heteroatoms. The molecule has 3 aromatic rings. The van der Waals surface area contributed by atoms with Crippen molar-refractivity contribution in [2.75, 3.05) is 0 Å². The molecule has 102 valence electrons. The molecular formula is C16H15FNOS+. The Morgan fingerprint density at radius 3 is 2.70 bits per heavy atom. The van der Waals surface area contributed by atoms with Gasteiger partial charge in [0.05, 0.1) is 10.4 Å². The summed E-state index contributed by atoms with van der Waals surface area (Å²) >= 11 is 1.75. The second kappa shape index (κ2) is 6.03. The third kappa shape index (κ3) is 2.98. The second-order valence-corrected chi connectivity index (χ2v) is 5.55. The van der Waals surface area contributed by atoms with E-state index < -0.39 is 0 Å². The number of benzene rings is 1. The first kappa shape index (κ1) is 13.1. The number of hydrogen-bond donors (Lipinski definition) is 1. The SMILES string of the molecule is Fc1ccccc1-c1ccc(C[NH2+]Cc2cccs2)o1. The number of nitrogens with two attached hydrogens (primary N) is 1. The van der Waals surface area contributed by atoms with Gasteiger partial charge in [-0.05, 0) is 35.7 Å². The lowest BCUT2D eigenvalue weighted by Crippen LogP contribution is -2.80. The van der Waals surface area contributed by atoms with Crippen molar-refractivity contribution in [1.82, 2.24) is 0 Å². The topological polar surface area (TPSA) is 29.8 Å². The minimum absolute atomic E-state index is 0.254. The normalized spacial score (nSPS) is 10.8. The van der Waals surface area contributed by atoms with Crippen LogP contribution in [0.15, 0.2) is 58.3 Å². The molecule has 1 aromatic carbocycles. The zero-order valence-electron chi connectivity index (χ0n) is 10.9. The molecule has 2 N–H and O–H groups in total. The Bertz CT molecular complexity index is 675. The van der Waals surface area contributed by atoms with Gasteiger partial charge in [0.2, 0.25) is 0 Å². The molecule has 0 saturated carbocycles. The minimum Gasteiger partial charge on any atom is -0.455 e. The van der Waals surface area contributed by atoms with Crippen LogP contribution in [0.4, 0.5) is 4.39 Å². The van der Waals surface area contributed by atoms with Crippen LogP contribution in [0, 0.1) is 5.82 Å². The van der Waals surface area contributed by atoms with Crippen molar-refractivity contribution in [2.24, 2.45) is 0 Å². The predicted molar refractivity (Wildman–Crippen MR) is 77.8 cm³/mol. The quantitative estimate of drug-likeness (QED) is 0.766. The van der Waals surface area contributed by atoms with Gasteiger partial charge in [-0.1, -0.05) is 18.2 Å². The van der Waals surface area contributed by atoms with Gasteiger partial charge < -0.3 is 9.73 Å². The van der Waals surface area contributed by atoms with Gasteiger partial charge >= 0.3 is 0 Å². The Morgan fingerprint density at radius 1 is 1.00 bits per heavy atom. The summed E-state index contributed by atoms with van der Waals surface area (Å²) in [5.74, 6) is 1.19. The van der Waals surface area contributed by atoms with E-state index in [4.69, 9.17) is 4.42 Å². The van der Waals surface area contributed by atoms with Gasteiger partial charge in [0.25, 0.3) is 0 Å². The summed E-state index contributed by atoms with van der Waals surface area (Å²) in [7, 11) is 0. The largest absolute Gasteiger partial charge is 0.455 e. The van der Waals surface area contributed by atoms with Gasteiger partial charge in [-0.25, -0.2) is 4.39 Å². The first-order chi connectivity index (χ1) is 9.83. The Labute approximate surface area is 120 Å². The summed E-state index contributed by atoms with van der Waals surface area (Å²) in [5, 5.41) is 4.25. The molecule has 0 bridgehead atoms. The fourth-order valence-corrected chi connectivity index (χ4v) is 2.78. The van der Waals surface area contributed by atoms with Crippen molar-refractivity contribution in [3.05, 3.63) is 70.4 Å². The maximum atomic E-state index is 13.7. The molecule has 0 saturated heterocycles. The lowest BCUT2D eigenvalue weighted by Gasteiger charge is -1.99. The average Bonchev–Trinajstić information content (AvgIpc) is 3.11. The van der Waals surface area contributed by atoms with Crippen molar-refractivity contribution in [3.8, 4) is 11.3 Å². The van der Waals surface area contributed by atoms with Crippen LogP contribution in [-0.4, -0.2) is 0 Å². The zero-order valence-corrected chi connectivity index (χ0v) is 11.7.